The molecule has 94 valence electrons. The zero-order valence-corrected chi connectivity index (χ0v) is 10.9. The summed E-state index contributed by atoms with van der Waals surface area (Å²) in [7, 11) is 0. The predicted octanol–water partition coefficient (Wildman–Crippen LogP) is 2.64. The summed E-state index contributed by atoms with van der Waals surface area (Å²) in [5, 5.41) is 0. The van der Waals surface area contributed by atoms with E-state index in [0.29, 0.717) is 6.10 Å². The Labute approximate surface area is 104 Å². The Hall–Kier alpha value is -0.860. The molecule has 2 N–H and O–H groups in total. The van der Waals surface area contributed by atoms with Crippen molar-refractivity contribution in [1.82, 2.24) is 0 Å². The van der Waals surface area contributed by atoms with E-state index in [2.05, 4.69) is 38.1 Å². The van der Waals surface area contributed by atoms with Crippen molar-refractivity contribution in [1.29, 1.82) is 0 Å². The highest BCUT2D eigenvalue weighted by atomic mass is 16.5. The van der Waals surface area contributed by atoms with Gasteiger partial charge in [0.15, 0.2) is 0 Å². The smallest absolute Gasteiger partial charge is 0.0518 e. The number of hydrogen-bond acceptors (Lipinski definition) is 2. The molecule has 1 atom stereocenters. The highest BCUT2D eigenvalue weighted by Crippen LogP contribution is 2.40. The van der Waals surface area contributed by atoms with Crippen molar-refractivity contribution < 1.29 is 4.74 Å². The summed E-state index contributed by atoms with van der Waals surface area (Å²) in [6.45, 7) is 5.70. The molecule has 0 saturated carbocycles. The summed E-state index contributed by atoms with van der Waals surface area (Å²) in [6, 6.07) is 8.72. The van der Waals surface area contributed by atoms with Crippen molar-refractivity contribution in [3.8, 4) is 0 Å². The van der Waals surface area contributed by atoms with E-state index in [0.717, 1.165) is 26.0 Å². The molecular weight excluding hydrogens is 210 g/mol. The fourth-order valence-electron chi connectivity index (χ4n) is 2.83. The van der Waals surface area contributed by atoms with Gasteiger partial charge in [-0.05, 0) is 44.2 Å². The van der Waals surface area contributed by atoms with Crippen LogP contribution in [0.3, 0.4) is 0 Å². The second-order valence-electron chi connectivity index (χ2n) is 5.31. The lowest BCUT2D eigenvalue weighted by Crippen LogP contribution is -2.34. The fraction of sp³-hybridized carbons (Fsp3) is 0.600. The van der Waals surface area contributed by atoms with Crippen LogP contribution in [0.1, 0.15) is 37.8 Å². The van der Waals surface area contributed by atoms with Crippen LogP contribution in [0.15, 0.2) is 24.3 Å². The molecule has 17 heavy (non-hydrogen) atoms. The van der Waals surface area contributed by atoms with Crippen molar-refractivity contribution in [3.63, 3.8) is 0 Å². The van der Waals surface area contributed by atoms with Gasteiger partial charge in [-0.1, -0.05) is 24.3 Å². The maximum Gasteiger partial charge on any atom is 0.0518 e. The maximum absolute atomic E-state index is 6.04. The van der Waals surface area contributed by atoms with Crippen LogP contribution in [-0.2, 0) is 16.6 Å². The Bertz CT molecular complexity index is 375. The van der Waals surface area contributed by atoms with Gasteiger partial charge in [-0.25, -0.2) is 0 Å². The predicted molar refractivity (Wildman–Crippen MR) is 71.2 cm³/mol. The first-order valence-corrected chi connectivity index (χ1v) is 6.58. The van der Waals surface area contributed by atoms with Gasteiger partial charge < -0.3 is 10.5 Å². The minimum Gasteiger partial charge on any atom is -0.379 e. The third-order valence-corrected chi connectivity index (χ3v) is 3.88. The quantitative estimate of drug-likeness (QED) is 0.848. The molecule has 0 spiro atoms. The Morgan fingerprint density at radius 3 is 2.82 bits per heavy atom. The zero-order chi connectivity index (χ0) is 12.3. The molecule has 1 unspecified atom stereocenters. The molecule has 1 aliphatic rings. The molecule has 1 aliphatic carbocycles. The molecule has 2 heteroatoms. The van der Waals surface area contributed by atoms with E-state index in [1.165, 1.54) is 17.5 Å². The van der Waals surface area contributed by atoms with E-state index in [1.807, 2.05) is 0 Å². The van der Waals surface area contributed by atoms with Crippen LogP contribution in [0.25, 0.3) is 0 Å². The normalized spacial score (nSPS) is 23.1. The van der Waals surface area contributed by atoms with Gasteiger partial charge in [0.1, 0.15) is 0 Å². The van der Waals surface area contributed by atoms with Gasteiger partial charge in [-0.2, -0.15) is 0 Å². The average Bonchev–Trinajstić information content (AvgIpc) is 2.69. The molecule has 0 radical (unpaired) electrons. The van der Waals surface area contributed by atoms with Crippen LogP contribution in [-0.4, -0.2) is 19.3 Å². The Kier molecular flexibility index (Phi) is 3.85. The van der Waals surface area contributed by atoms with Crippen molar-refractivity contribution in [2.45, 2.75) is 44.6 Å². The van der Waals surface area contributed by atoms with E-state index >= 15 is 0 Å². The largest absolute Gasteiger partial charge is 0.379 e. The number of ether oxygens (including phenoxy) is 1. The molecule has 0 fully saturated rings. The summed E-state index contributed by atoms with van der Waals surface area (Å²) in [4.78, 5) is 0. The monoisotopic (exact) mass is 233 g/mol. The second kappa shape index (κ2) is 5.19. The summed E-state index contributed by atoms with van der Waals surface area (Å²) in [5.41, 5.74) is 9.13. The van der Waals surface area contributed by atoms with Crippen LogP contribution in [0.2, 0.25) is 0 Å². The van der Waals surface area contributed by atoms with Gasteiger partial charge in [0.25, 0.3) is 0 Å². The Morgan fingerprint density at radius 2 is 2.12 bits per heavy atom. The lowest BCUT2D eigenvalue weighted by Gasteiger charge is -2.29. The topological polar surface area (TPSA) is 35.2 Å². The molecule has 0 heterocycles. The molecule has 1 aromatic rings. The molecule has 0 saturated heterocycles. The molecule has 0 aromatic heterocycles. The van der Waals surface area contributed by atoms with Gasteiger partial charge in [0, 0.05) is 18.6 Å². The third kappa shape index (κ3) is 2.53. The summed E-state index contributed by atoms with van der Waals surface area (Å²) in [5.74, 6) is 0. The van der Waals surface area contributed by atoms with Crippen molar-refractivity contribution in [3.05, 3.63) is 35.4 Å². The number of aryl methyl sites for hydroxylation is 1. The molecule has 2 nitrogen and oxygen atoms in total. The minimum atomic E-state index is 0.158. The first-order chi connectivity index (χ1) is 8.18. The lowest BCUT2D eigenvalue weighted by molar-refractivity contribution is 0.0645. The lowest BCUT2D eigenvalue weighted by atomic mass is 9.79. The number of benzene rings is 1. The highest BCUT2D eigenvalue weighted by molar-refractivity contribution is 5.39. The SMILES string of the molecule is CC(C)OCCC1(CN)CCc2ccccc21. The van der Waals surface area contributed by atoms with E-state index in [-0.39, 0.29) is 5.41 Å². The van der Waals surface area contributed by atoms with E-state index < -0.39 is 0 Å². The van der Waals surface area contributed by atoms with Gasteiger partial charge in [0.05, 0.1) is 6.10 Å². The van der Waals surface area contributed by atoms with Gasteiger partial charge >= 0.3 is 0 Å². The fourth-order valence-corrected chi connectivity index (χ4v) is 2.83. The summed E-state index contributed by atoms with van der Waals surface area (Å²) >= 11 is 0. The Balaban J connectivity index is 2.11. The van der Waals surface area contributed by atoms with Gasteiger partial charge in [-0.15, -0.1) is 0 Å². The van der Waals surface area contributed by atoms with Gasteiger partial charge in [0.2, 0.25) is 0 Å². The van der Waals surface area contributed by atoms with E-state index in [1.54, 1.807) is 0 Å². The van der Waals surface area contributed by atoms with Gasteiger partial charge in [-0.3, -0.25) is 0 Å². The molecule has 2 rings (SSSR count). The molecule has 0 aliphatic heterocycles. The summed E-state index contributed by atoms with van der Waals surface area (Å²) < 4.78 is 5.69. The highest BCUT2D eigenvalue weighted by Gasteiger charge is 2.36. The summed E-state index contributed by atoms with van der Waals surface area (Å²) in [6.07, 6.45) is 3.68. The van der Waals surface area contributed by atoms with Crippen LogP contribution in [0.4, 0.5) is 0 Å². The molecule has 0 bridgehead atoms. The van der Waals surface area contributed by atoms with Crippen LogP contribution >= 0.6 is 0 Å². The Morgan fingerprint density at radius 1 is 1.35 bits per heavy atom. The number of fused-ring (bicyclic) bond motifs is 1. The van der Waals surface area contributed by atoms with Crippen LogP contribution in [0, 0.1) is 0 Å². The van der Waals surface area contributed by atoms with E-state index in [9.17, 15) is 0 Å². The maximum atomic E-state index is 6.04. The zero-order valence-electron chi connectivity index (χ0n) is 10.9. The molecular formula is C15H23NO. The van der Waals surface area contributed by atoms with Crippen molar-refractivity contribution >= 4 is 0 Å². The number of hydrogen-bond donors (Lipinski definition) is 1. The number of rotatable bonds is 5. The standard InChI is InChI=1S/C15H23NO/c1-12(2)17-10-9-15(11-16)8-7-13-5-3-4-6-14(13)15/h3-6,12H,7-11,16H2,1-2H3. The molecule has 0 amide bonds. The molecule has 1 aromatic carbocycles. The first kappa shape index (κ1) is 12.6. The van der Waals surface area contributed by atoms with Crippen LogP contribution < -0.4 is 5.73 Å². The average molecular weight is 233 g/mol. The van der Waals surface area contributed by atoms with Crippen molar-refractivity contribution in [2.75, 3.05) is 13.2 Å². The third-order valence-electron chi connectivity index (χ3n) is 3.88. The minimum absolute atomic E-state index is 0.158. The number of nitrogens with two attached hydrogens (primary N) is 1. The first-order valence-electron chi connectivity index (χ1n) is 6.58. The second-order valence-corrected chi connectivity index (χ2v) is 5.31. The van der Waals surface area contributed by atoms with E-state index in [4.69, 9.17) is 10.5 Å². The van der Waals surface area contributed by atoms with Crippen molar-refractivity contribution in [2.24, 2.45) is 5.73 Å². The van der Waals surface area contributed by atoms with Crippen LogP contribution in [0.5, 0.6) is 0 Å².